The zero-order valence-corrected chi connectivity index (χ0v) is 23.2. The molecule has 3 aliphatic heterocycles. The molecule has 0 radical (unpaired) electrons. The Morgan fingerprint density at radius 2 is 1.82 bits per heavy atom. The van der Waals surface area contributed by atoms with Crippen LogP contribution >= 0.6 is 24.0 Å². The third-order valence-electron chi connectivity index (χ3n) is 6.91. The van der Waals surface area contributed by atoms with E-state index in [1.165, 1.54) is 16.9 Å². The summed E-state index contributed by atoms with van der Waals surface area (Å²) in [5.74, 6) is -0.142. The van der Waals surface area contributed by atoms with Gasteiger partial charge >= 0.3 is 0 Å². The second kappa shape index (κ2) is 11.5. The van der Waals surface area contributed by atoms with Crippen molar-refractivity contribution in [2.75, 3.05) is 44.2 Å². The first kappa shape index (κ1) is 28.2. The zero-order valence-electron chi connectivity index (χ0n) is 20.8. The standard InChI is InChI=1S/C25H28ClN5O5S.ClH/c1-18(32)31(22-6-10-28(11-7-22)21-4-8-27-9-5-21)30-13-12-29(16-25(30)33)37(34,35)23-14-19-2-3-20(26)15-24(19)36-17-23;/h2-5,8-9,14-15,22H,6-7,10-13,16-17H2,1H3;1H. The molecule has 2 saturated heterocycles. The van der Waals surface area contributed by atoms with Crippen LogP contribution in [0.2, 0.25) is 5.02 Å². The number of carbonyl (C=O) groups excluding carboxylic acids is 2. The van der Waals surface area contributed by atoms with E-state index in [1.54, 1.807) is 36.7 Å². The molecular weight excluding hydrogens is 553 g/mol. The zero-order chi connectivity index (χ0) is 26.2. The van der Waals surface area contributed by atoms with Gasteiger partial charge in [-0.1, -0.05) is 11.6 Å². The molecule has 2 aromatic rings. The summed E-state index contributed by atoms with van der Waals surface area (Å²) in [5.41, 5.74) is 1.68. The fraction of sp³-hybridized carbons (Fsp3) is 0.400. The number of carbonyl (C=O) groups is 2. The Hall–Kier alpha value is -2.86. The van der Waals surface area contributed by atoms with E-state index < -0.39 is 15.9 Å². The number of hydrogen-bond donors (Lipinski definition) is 0. The first-order valence-corrected chi connectivity index (χ1v) is 13.9. The quantitative estimate of drug-likeness (QED) is 0.534. The highest BCUT2D eigenvalue weighted by Crippen LogP contribution is 2.32. The van der Waals surface area contributed by atoms with Gasteiger partial charge in [0, 0.05) is 55.2 Å². The number of nitrogens with zero attached hydrogens (tertiary/aromatic N) is 5. The van der Waals surface area contributed by atoms with E-state index >= 15 is 0 Å². The lowest BCUT2D eigenvalue weighted by Crippen LogP contribution is -2.63. The van der Waals surface area contributed by atoms with Crippen molar-refractivity contribution < 1.29 is 22.7 Å². The number of fused-ring (bicyclic) bond motifs is 1. The number of hydrazine groups is 1. The predicted octanol–water partition coefficient (Wildman–Crippen LogP) is 2.80. The third kappa shape index (κ3) is 5.61. The Bertz CT molecular complexity index is 1330. The van der Waals surface area contributed by atoms with Crippen LogP contribution in [0.15, 0.2) is 47.6 Å². The molecule has 0 saturated carbocycles. The van der Waals surface area contributed by atoms with Crippen LogP contribution in [-0.4, -0.2) is 84.9 Å². The lowest BCUT2D eigenvalue weighted by molar-refractivity contribution is -0.172. The minimum atomic E-state index is -3.93. The molecule has 2 amide bonds. The summed E-state index contributed by atoms with van der Waals surface area (Å²) in [5, 5.41) is 3.45. The SMILES string of the molecule is CC(=O)N(C1CCN(c2ccncc2)CC1)N1CCN(S(=O)(=O)C2=Cc3ccc(Cl)cc3OC2)CC1=O.Cl. The number of piperazine rings is 1. The number of piperidine rings is 1. The molecule has 10 nitrogen and oxygen atoms in total. The van der Waals surface area contributed by atoms with Crippen LogP contribution in [0.5, 0.6) is 5.75 Å². The molecule has 0 atom stereocenters. The number of aromatic nitrogens is 1. The average Bonchev–Trinajstić information content (AvgIpc) is 2.90. The summed E-state index contributed by atoms with van der Waals surface area (Å²) in [6, 6.07) is 8.76. The predicted molar refractivity (Wildman–Crippen MR) is 146 cm³/mol. The summed E-state index contributed by atoms with van der Waals surface area (Å²) in [6.07, 6.45) is 6.45. The molecule has 2 fully saturated rings. The van der Waals surface area contributed by atoms with Gasteiger partial charge in [0.2, 0.25) is 15.9 Å². The van der Waals surface area contributed by atoms with E-state index in [4.69, 9.17) is 16.3 Å². The van der Waals surface area contributed by atoms with Gasteiger partial charge in [0.1, 0.15) is 12.4 Å². The van der Waals surface area contributed by atoms with Crippen molar-refractivity contribution in [3.05, 3.63) is 58.2 Å². The van der Waals surface area contributed by atoms with Crippen molar-refractivity contribution in [1.82, 2.24) is 19.3 Å². The first-order valence-electron chi connectivity index (χ1n) is 12.1. The van der Waals surface area contributed by atoms with Crippen molar-refractivity contribution in [2.24, 2.45) is 0 Å². The Kier molecular flexibility index (Phi) is 8.51. The van der Waals surface area contributed by atoms with Crippen LogP contribution in [0.1, 0.15) is 25.3 Å². The van der Waals surface area contributed by atoms with Crippen molar-refractivity contribution in [3.8, 4) is 5.75 Å². The van der Waals surface area contributed by atoms with Crippen molar-refractivity contribution in [3.63, 3.8) is 0 Å². The second-order valence-corrected chi connectivity index (χ2v) is 11.7. The molecule has 0 aliphatic carbocycles. The molecule has 4 heterocycles. The number of sulfonamides is 1. The normalized spacial score (nSPS) is 18.7. The molecule has 1 aromatic heterocycles. The summed E-state index contributed by atoms with van der Waals surface area (Å²) in [7, 11) is -3.93. The van der Waals surface area contributed by atoms with Crippen molar-refractivity contribution >= 4 is 57.6 Å². The van der Waals surface area contributed by atoms with E-state index in [1.807, 2.05) is 12.1 Å². The summed E-state index contributed by atoms with van der Waals surface area (Å²) >= 11 is 5.99. The van der Waals surface area contributed by atoms with Crippen LogP contribution in [0.3, 0.4) is 0 Å². The monoisotopic (exact) mass is 581 g/mol. The topological polar surface area (TPSA) is 103 Å². The van der Waals surface area contributed by atoms with E-state index in [9.17, 15) is 18.0 Å². The summed E-state index contributed by atoms with van der Waals surface area (Å²) < 4.78 is 33.4. The second-order valence-electron chi connectivity index (χ2n) is 9.22. The van der Waals surface area contributed by atoms with Crippen LogP contribution in [0.25, 0.3) is 6.08 Å². The number of amides is 2. The summed E-state index contributed by atoms with van der Waals surface area (Å²) in [4.78, 5) is 32.2. The Morgan fingerprint density at radius 3 is 2.47 bits per heavy atom. The molecular formula is C25H29Cl2N5O5S. The van der Waals surface area contributed by atoms with Crippen molar-refractivity contribution in [2.45, 2.75) is 25.8 Å². The van der Waals surface area contributed by atoms with Crippen LogP contribution < -0.4 is 9.64 Å². The van der Waals surface area contributed by atoms with Crippen molar-refractivity contribution in [1.29, 1.82) is 0 Å². The van der Waals surface area contributed by atoms with Gasteiger partial charge in [-0.15, -0.1) is 12.4 Å². The molecule has 38 heavy (non-hydrogen) atoms. The molecule has 0 unspecified atom stereocenters. The number of halogens is 2. The Labute approximate surface area is 233 Å². The van der Waals surface area contributed by atoms with Crippen LogP contribution in [-0.2, 0) is 19.6 Å². The van der Waals surface area contributed by atoms with Crippen LogP contribution in [0, 0.1) is 0 Å². The van der Waals surface area contributed by atoms with Gasteiger partial charge < -0.3 is 9.64 Å². The Balaban J connectivity index is 0.00000336. The molecule has 1 aromatic carbocycles. The van der Waals surface area contributed by atoms with Gasteiger partial charge in [0.15, 0.2) is 0 Å². The molecule has 0 bridgehead atoms. The maximum atomic E-state index is 13.3. The fourth-order valence-electron chi connectivity index (χ4n) is 5.05. The molecule has 0 N–H and O–H groups in total. The number of benzene rings is 1. The third-order valence-corrected chi connectivity index (χ3v) is 9.04. The summed E-state index contributed by atoms with van der Waals surface area (Å²) in [6.45, 7) is 2.62. The molecule has 3 aliphatic rings. The highest BCUT2D eigenvalue weighted by Gasteiger charge is 2.40. The van der Waals surface area contributed by atoms with Gasteiger partial charge in [-0.3, -0.25) is 14.6 Å². The molecule has 5 rings (SSSR count). The molecule has 0 spiro atoms. The number of anilines is 1. The smallest absolute Gasteiger partial charge is 0.256 e. The molecule has 13 heteroatoms. The van der Waals surface area contributed by atoms with Crippen LogP contribution in [0.4, 0.5) is 5.69 Å². The number of rotatable bonds is 5. The van der Waals surface area contributed by atoms with Gasteiger partial charge in [-0.25, -0.2) is 18.4 Å². The first-order chi connectivity index (χ1) is 17.7. The van der Waals surface area contributed by atoms with E-state index in [-0.39, 0.29) is 55.5 Å². The lowest BCUT2D eigenvalue weighted by atomic mass is 10.0. The highest BCUT2D eigenvalue weighted by atomic mass is 35.5. The maximum absolute atomic E-state index is 13.3. The lowest BCUT2D eigenvalue weighted by Gasteiger charge is -2.46. The fourth-order valence-corrected chi connectivity index (χ4v) is 6.63. The van der Waals surface area contributed by atoms with E-state index in [2.05, 4.69) is 9.88 Å². The van der Waals surface area contributed by atoms with Gasteiger partial charge in [0.05, 0.1) is 24.0 Å². The average molecular weight is 583 g/mol. The van der Waals surface area contributed by atoms with Gasteiger partial charge in [-0.05, 0) is 49.2 Å². The number of pyridine rings is 1. The number of hydrogen-bond acceptors (Lipinski definition) is 7. The van der Waals surface area contributed by atoms with E-state index in [0.29, 0.717) is 29.2 Å². The Morgan fingerprint density at radius 1 is 1.11 bits per heavy atom. The van der Waals surface area contributed by atoms with Gasteiger partial charge in [-0.2, -0.15) is 4.31 Å². The largest absolute Gasteiger partial charge is 0.487 e. The van der Waals surface area contributed by atoms with Gasteiger partial charge in [0.25, 0.3) is 5.91 Å². The minimum Gasteiger partial charge on any atom is -0.487 e. The van der Waals surface area contributed by atoms with E-state index in [0.717, 1.165) is 23.1 Å². The number of ether oxygens (including phenoxy) is 1. The minimum absolute atomic E-state index is 0. The molecule has 204 valence electrons. The maximum Gasteiger partial charge on any atom is 0.256 e. The highest BCUT2D eigenvalue weighted by molar-refractivity contribution is 7.93.